The Morgan fingerprint density at radius 2 is 2.08 bits per heavy atom. The summed E-state index contributed by atoms with van der Waals surface area (Å²) < 4.78 is 7.54. The van der Waals surface area contributed by atoms with Crippen LogP contribution in [0.5, 0.6) is 5.75 Å². The minimum atomic E-state index is -0.502. The van der Waals surface area contributed by atoms with Gasteiger partial charge >= 0.3 is 0 Å². The van der Waals surface area contributed by atoms with Crippen molar-refractivity contribution in [2.45, 2.75) is 26.9 Å². The fraction of sp³-hybridized carbons (Fsp3) is 0.278. The van der Waals surface area contributed by atoms with Gasteiger partial charge in [0.1, 0.15) is 17.1 Å². The van der Waals surface area contributed by atoms with E-state index in [0.29, 0.717) is 22.8 Å². The molecule has 0 spiro atoms. The molecule has 0 aliphatic carbocycles. The number of anilines is 1. The van der Waals surface area contributed by atoms with Crippen LogP contribution in [0.25, 0.3) is 16.2 Å². The van der Waals surface area contributed by atoms with Crippen LogP contribution in [0.4, 0.5) is 5.69 Å². The summed E-state index contributed by atoms with van der Waals surface area (Å²) in [6, 6.07) is 5.54. The maximum Gasteiger partial charge on any atom is 0.267 e. The summed E-state index contributed by atoms with van der Waals surface area (Å²) in [7, 11) is 1.73. The van der Waals surface area contributed by atoms with Crippen LogP contribution < -0.4 is 9.64 Å². The Balaban J connectivity index is 1.90. The zero-order chi connectivity index (χ0) is 17.9. The monoisotopic (exact) mass is 355 g/mol. The number of benzene rings is 1. The van der Waals surface area contributed by atoms with E-state index in [9.17, 15) is 9.59 Å². The molecule has 7 heteroatoms. The Morgan fingerprint density at radius 3 is 2.80 bits per heavy atom. The number of likely N-dealkylation sites (N-methyl/N-ethyl adjacent to an activating group) is 1. The molecule has 1 unspecified atom stereocenters. The average Bonchev–Trinajstić information content (AvgIpc) is 3.09. The fourth-order valence-corrected chi connectivity index (χ4v) is 4.13. The van der Waals surface area contributed by atoms with Crippen molar-refractivity contribution in [2.75, 3.05) is 11.9 Å². The summed E-state index contributed by atoms with van der Waals surface area (Å²) in [6.07, 6.45) is 0.332. The zero-order valence-corrected chi connectivity index (χ0v) is 15.2. The summed E-state index contributed by atoms with van der Waals surface area (Å²) in [4.78, 5) is 32.1. The Morgan fingerprint density at radius 1 is 1.32 bits per heavy atom. The highest BCUT2D eigenvalue weighted by Crippen LogP contribution is 2.38. The van der Waals surface area contributed by atoms with Gasteiger partial charge in [-0.25, -0.2) is 4.98 Å². The first-order valence-corrected chi connectivity index (χ1v) is 8.76. The second kappa shape index (κ2) is 5.42. The Hall–Kier alpha value is -2.67. The van der Waals surface area contributed by atoms with Crippen molar-refractivity contribution in [3.8, 4) is 17.0 Å². The molecule has 1 aromatic carbocycles. The first kappa shape index (κ1) is 15.8. The summed E-state index contributed by atoms with van der Waals surface area (Å²) in [6.45, 7) is 5.72. The number of amides is 1. The van der Waals surface area contributed by atoms with Crippen LogP contribution >= 0.6 is 11.3 Å². The smallest absolute Gasteiger partial charge is 0.267 e. The molecule has 0 bridgehead atoms. The van der Waals surface area contributed by atoms with Crippen LogP contribution in [0.1, 0.15) is 28.0 Å². The number of hydrogen-bond donors (Lipinski definition) is 0. The van der Waals surface area contributed by atoms with E-state index in [0.717, 1.165) is 27.4 Å². The number of nitrogens with zero attached hydrogens (tertiary/aromatic N) is 3. The molecule has 3 aromatic rings. The average molecular weight is 355 g/mol. The highest BCUT2D eigenvalue weighted by molar-refractivity contribution is 7.17. The van der Waals surface area contributed by atoms with Gasteiger partial charge < -0.3 is 9.64 Å². The van der Waals surface area contributed by atoms with E-state index in [1.54, 1.807) is 30.2 Å². The van der Waals surface area contributed by atoms with Gasteiger partial charge in [0, 0.05) is 23.2 Å². The SMILES string of the molecule is Cc1sc2nc(-c3ccc4c(c3)N(C)C(=O)C(C)O4)c(C=O)n2c1C. The van der Waals surface area contributed by atoms with Crippen molar-refractivity contribution in [1.29, 1.82) is 0 Å². The Labute approximate surface area is 148 Å². The largest absolute Gasteiger partial charge is 0.479 e. The molecular weight excluding hydrogens is 338 g/mol. The molecule has 0 saturated carbocycles. The van der Waals surface area contributed by atoms with Crippen LogP contribution in [-0.2, 0) is 4.79 Å². The predicted octanol–water partition coefficient (Wildman–Crippen LogP) is 3.24. The lowest BCUT2D eigenvalue weighted by molar-refractivity contribution is -0.125. The van der Waals surface area contributed by atoms with Crippen molar-refractivity contribution in [2.24, 2.45) is 0 Å². The molecular formula is C18H17N3O3S. The van der Waals surface area contributed by atoms with E-state index in [-0.39, 0.29) is 5.91 Å². The van der Waals surface area contributed by atoms with Crippen molar-refractivity contribution >= 4 is 34.2 Å². The number of hydrogen-bond acceptors (Lipinski definition) is 5. The lowest BCUT2D eigenvalue weighted by Crippen LogP contribution is -2.41. The second-order valence-electron chi connectivity index (χ2n) is 6.16. The van der Waals surface area contributed by atoms with E-state index in [4.69, 9.17) is 4.74 Å². The minimum Gasteiger partial charge on any atom is -0.479 e. The van der Waals surface area contributed by atoms with Crippen LogP contribution in [0.15, 0.2) is 18.2 Å². The number of carbonyl (C=O) groups is 2. The first-order valence-electron chi connectivity index (χ1n) is 7.94. The summed E-state index contributed by atoms with van der Waals surface area (Å²) in [5, 5.41) is 0. The molecule has 0 saturated heterocycles. The topological polar surface area (TPSA) is 63.9 Å². The third kappa shape index (κ3) is 2.19. The molecule has 1 atom stereocenters. The maximum absolute atomic E-state index is 12.2. The number of aryl methyl sites for hydroxylation is 2. The number of aldehydes is 1. The molecule has 6 nitrogen and oxygen atoms in total. The van der Waals surface area contributed by atoms with Gasteiger partial charge in [-0.1, -0.05) is 0 Å². The number of thiazole rings is 1. The van der Waals surface area contributed by atoms with Crippen LogP contribution in [0.3, 0.4) is 0 Å². The van der Waals surface area contributed by atoms with Crippen molar-refractivity contribution in [3.05, 3.63) is 34.5 Å². The Bertz CT molecular complexity index is 1030. The van der Waals surface area contributed by atoms with Crippen LogP contribution in [-0.4, -0.2) is 34.7 Å². The third-order valence-electron chi connectivity index (χ3n) is 4.66. The Kier molecular flexibility index (Phi) is 3.43. The number of rotatable bonds is 2. The predicted molar refractivity (Wildman–Crippen MR) is 96.9 cm³/mol. The lowest BCUT2D eigenvalue weighted by Gasteiger charge is -2.30. The van der Waals surface area contributed by atoms with Gasteiger partial charge in [0.05, 0.1) is 5.69 Å². The second-order valence-corrected chi connectivity index (χ2v) is 7.35. The quantitative estimate of drug-likeness (QED) is 0.662. The van der Waals surface area contributed by atoms with Gasteiger partial charge in [-0.15, -0.1) is 11.3 Å². The normalized spacial score (nSPS) is 16.9. The van der Waals surface area contributed by atoms with Crippen molar-refractivity contribution in [3.63, 3.8) is 0 Å². The number of imidazole rings is 1. The molecule has 1 amide bonds. The van der Waals surface area contributed by atoms with Gasteiger partial charge in [-0.2, -0.15) is 0 Å². The molecule has 0 N–H and O–H groups in total. The summed E-state index contributed by atoms with van der Waals surface area (Å²) in [5.74, 6) is 0.552. The highest BCUT2D eigenvalue weighted by Gasteiger charge is 2.29. The van der Waals surface area contributed by atoms with E-state index in [1.807, 2.05) is 36.4 Å². The van der Waals surface area contributed by atoms with Crippen molar-refractivity contribution < 1.29 is 14.3 Å². The lowest BCUT2D eigenvalue weighted by atomic mass is 10.1. The molecule has 1 aliphatic rings. The molecule has 25 heavy (non-hydrogen) atoms. The molecule has 4 rings (SSSR count). The fourth-order valence-electron chi connectivity index (χ4n) is 3.15. The van der Waals surface area contributed by atoms with Gasteiger partial charge in [0.25, 0.3) is 5.91 Å². The zero-order valence-electron chi connectivity index (χ0n) is 14.4. The van der Waals surface area contributed by atoms with Gasteiger partial charge in [0.15, 0.2) is 17.4 Å². The molecule has 2 aromatic heterocycles. The van der Waals surface area contributed by atoms with E-state index < -0.39 is 6.10 Å². The van der Waals surface area contributed by atoms with E-state index in [2.05, 4.69) is 4.98 Å². The number of fused-ring (bicyclic) bond motifs is 2. The van der Waals surface area contributed by atoms with E-state index >= 15 is 0 Å². The van der Waals surface area contributed by atoms with E-state index in [1.165, 1.54) is 0 Å². The molecule has 0 radical (unpaired) electrons. The first-order chi connectivity index (χ1) is 11.9. The number of carbonyl (C=O) groups excluding carboxylic acids is 2. The van der Waals surface area contributed by atoms with Crippen LogP contribution in [0.2, 0.25) is 0 Å². The van der Waals surface area contributed by atoms with Gasteiger partial charge in [-0.3, -0.25) is 14.0 Å². The molecule has 1 aliphatic heterocycles. The minimum absolute atomic E-state index is 0.0995. The standard InChI is InChI=1S/C18H17N3O3S/c1-9-11(3)25-18-19-16(14(8-22)21(9)18)12-5-6-15-13(7-12)20(4)17(23)10(2)24-15/h5-8,10H,1-4H3. The summed E-state index contributed by atoms with van der Waals surface area (Å²) in [5.41, 5.74) is 3.62. The van der Waals surface area contributed by atoms with Gasteiger partial charge in [0.2, 0.25) is 0 Å². The molecule has 0 fully saturated rings. The van der Waals surface area contributed by atoms with Gasteiger partial charge in [-0.05, 0) is 39.0 Å². The highest BCUT2D eigenvalue weighted by atomic mass is 32.1. The molecule has 128 valence electrons. The van der Waals surface area contributed by atoms with Crippen molar-refractivity contribution in [1.82, 2.24) is 9.38 Å². The summed E-state index contributed by atoms with van der Waals surface area (Å²) >= 11 is 1.56. The third-order valence-corrected chi connectivity index (χ3v) is 5.72. The van der Waals surface area contributed by atoms with Crippen LogP contribution in [0, 0.1) is 13.8 Å². The number of aromatic nitrogens is 2. The molecule has 3 heterocycles. The number of ether oxygens (including phenoxy) is 1. The maximum atomic E-state index is 12.2.